The first-order valence-corrected chi connectivity index (χ1v) is 36.3. The molecule has 0 saturated carbocycles. The minimum Gasteiger partial charge on any atom is 1.00 e. The molecule has 4 bridgehead atoms. The first-order chi connectivity index (χ1) is 11.8. The van der Waals surface area contributed by atoms with Crippen LogP contribution in [0.2, 0.25) is 0 Å². The zero-order valence-electron chi connectivity index (χ0n) is 23.1. The molecule has 0 fully saturated rings. The topological polar surface area (TPSA) is 0 Å². The van der Waals surface area contributed by atoms with Crippen LogP contribution in [-0.4, -0.2) is 63.2 Å². The Morgan fingerprint density at radius 2 is 0.944 bits per heavy atom. The zero-order chi connectivity index (χ0) is 19.0. The number of halogens is 5. The summed E-state index contributed by atoms with van der Waals surface area (Å²) < 4.78 is 0. The van der Waals surface area contributed by atoms with Crippen LogP contribution in [0.15, 0.2) is 47.6 Å². The Labute approximate surface area is 380 Å². The third-order valence-electron chi connectivity index (χ3n) is 4.86. The zero-order valence-corrected chi connectivity index (χ0v) is 42.2. The molecule has 0 aromatic rings. The number of fused-ring (bicyclic) bond motifs is 4. The monoisotopic (exact) mass is 1130 g/mol. The summed E-state index contributed by atoms with van der Waals surface area (Å²) in [5, 5.41) is 0. The van der Waals surface area contributed by atoms with Crippen LogP contribution in [0.3, 0.4) is 0 Å². The van der Waals surface area contributed by atoms with E-state index in [1.54, 1.807) is 11.1 Å². The van der Waals surface area contributed by atoms with E-state index < -0.39 is 11.9 Å². The first-order valence-electron chi connectivity index (χ1n) is 9.05. The van der Waals surface area contributed by atoms with Crippen molar-refractivity contribution in [3.05, 3.63) is 84.7 Å². The van der Waals surface area contributed by atoms with Crippen LogP contribution in [0, 0.1) is 60.8 Å². The number of allylic oxidation sites excluding steroid dienone is 8. The predicted octanol–water partition coefficient (Wildman–Crippen LogP) is 1.58. The van der Waals surface area contributed by atoms with Crippen molar-refractivity contribution < 1.29 is 127 Å². The fourth-order valence-corrected chi connectivity index (χ4v) is 3.81. The third kappa shape index (κ3) is 33.1. The summed E-state index contributed by atoms with van der Waals surface area (Å²) in [6.45, 7) is 4.50. The van der Waals surface area contributed by atoms with Crippen LogP contribution in [0.4, 0.5) is 0 Å². The molecule has 0 spiro atoms. The van der Waals surface area contributed by atoms with Gasteiger partial charge in [-0.25, -0.2) is 0 Å². The van der Waals surface area contributed by atoms with Crippen molar-refractivity contribution in [3.8, 4) is 0 Å². The molecule has 4 atom stereocenters. The molecule has 206 valence electrons. The Morgan fingerprint density at radius 3 is 1.03 bits per heavy atom. The molecule has 4 aliphatic rings. The second-order valence-corrected chi connectivity index (χ2v) is 25.9. The largest absolute Gasteiger partial charge is 4.00 e. The van der Waals surface area contributed by atoms with Crippen molar-refractivity contribution in [2.75, 3.05) is 0 Å². The summed E-state index contributed by atoms with van der Waals surface area (Å²) in [6.07, 6.45) is 19.5. The molecule has 0 radical (unpaired) electrons. The van der Waals surface area contributed by atoms with Crippen molar-refractivity contribution in [2.45, 2.75) is 54.4 Å². The first kappa shape index (κ1) is 74.5. The van der Waals surface area contributed by atoms with Gasteiger partial charge in [-0.3, -0.25) is 0 Å². The maximum Gasteiger partial charge on any atom is 4.00 e. The average Bonchev–Trinajstić information content (AvgIpc) is 3.35. The van der Waals surface area contributed by atoms with Crippen molar-refractivity contribution in [3.63, 3.8) is 0 Å². The van der Waals surface area contributed by atoms with Gasteiger partial charge in [0.2, 0.25) is 0 Å². The summed E-state index contributed by atoms with van der Waals surface area (Å²) in [5.41, 5.74) is 3.34. The van der Waals surface area contributed by atoms with Crippen molar-refractivity contribution in [1.29, 1.82) is 0 Å². The normalized spacial score (nSPS) is 21.2. The van der Waals surface area contributed by atoms with Crippen molar-refractivity contribution in [2.24, 2.45) is 23.7 Å². The molecule has 0 saturated heterocycles. The molecule has 0 aromatic carbocycles. The van der Waals surface area contributed by atoms with Crippen molar-refractivity contribution in [1.82, 2.24) is 0 Å². The van der Waals surface area contributed by atoms with Gasteiger partial charge in [-0.1, -0.05) is 76.3 Å². The second-order valence-electron chi connectivity index (χ2n) is 6.24. The minimum atomic E-state index is -3.06. The van der Waals surface area contributed by atoms with Gasteiger partial charge in [0.1, 0.15) is 0 Å². The van der Waals surface area contributed by atoms with E-state index in [1.807, 2.05) is 0 Å². The van der Waals surface area contributed by atoms with E-state index in [4.69, 9.17) is 37.7 Å². The summed E-state index contributed by atoms with van der Waals surface area (Å²) in [6, 6.07) is 0. The van der Waals surface area contributed by atoms with Gasteiger partial charge in [0, 0.05) is 0 Å². The Hall–Kier alpha value is 7.73. The van der Waals surface area contributed by atoms with Crippen LogP contribution in [-0.2, 0) is 33.0 Å². The molecule has 11 heteroatoms. The molecular weight excluding hydrogens is 1080 g/mol. The molecule has 4 unspecified atom stereocenters. The van der Waals surface area contributed by atoms with Gasteiger partial charge in [0.25, 0.3) is 0 Å². The summed E-state index contributed by atoms with van der Waals surface area (Å²) >= 11 is -0.556. The fraction of sp³-hybridized carbons (Fsp3) is 0.480. The smallest absolute Gasteiger partial charge is 1.00 e. The molecule has 4 rings (SSSR count). The van der Waals surface area contributed by atoms with E-state index in [2.05, 4.69) is 50.3 Å². The molecule has 0 N–H and O–H groups in total. The van der Waals surface area contributed by atoms with Crippen LogP contribution in [0.1, 0.15) is 54.4 Å². The van der Waals surface area contributed by atoms with Gasteiger partial charge >= 0.3 is 204 Å². The second kappa shape index (κ2) is 42.7. The third-order valence-corrected chi connectivity index (χ3v) is 4.86. The van der Waals surface area contributed by atoms with Gasteiger partial charge in [-0.2, -0.15) is 0 Å². The molecule has 0 nitrogen and oxygen atoms in total. The Balaban J connectivity index is -0.0000000250. The summed E-state index contributed by atoms with van der Waals surface area (Å²) in [4.78, 5) is 0. The van der Waals surface area contributed by atoms with Crippen LogP contribution >= 0.6 is 37.7 Å². The van der Waals surface area contributed by atoms with E-state index in [9.17, 15) is 0 Å². The summed E-state index contributed by atoms with van der Waals surface area (Å²) in [5.74, 6) is 3.29. The Bertz CT molecular complexity index is 514. The standard InChI is InChI=1S/2C9H12.2CH4.5CH3.4ClH.HI.3K.Li.2Pt/c2*1-2-8-5-7-3-4-9(8)6-7;;;;;;;;;;;;;;;;;;/h2*3-5,7,9H,2,6H2,1H3;2*1H4;5*1H3;5*1H;;;;;;/q;;;;5*-1;;;;;;;;2*+1;2*+4/p-5. The Morgan fingerprint density at radius 1 is 0.722 bits per heavy atom. The van der Waals surface area contributed by atoms with Gasteiger partial charge in [-0.05, 0) is 49.4 Å². The quantitative estimate of drug-likeness (QED) is 0.171. The van der Waals surface area contributed by atoms with Crippen LogP contribution in [0.25, 0.3) is 0 Å². The summed E-state index contributed by atoms with van der Waals surface area (Å²) in [7, 11) is 20.0. The molecule has 0 aromatic heterocycles. The number of rotatable bonds is 2. The average molecular weight is 1130 g/mol. The van der Waals surface area contributed by atoms with E-state index in [1.165, 1.54) is 88.8 Å². The molecule has 0 heterocycles. The molecule has 4 aliphatic carbocycles. The number of hydrogen-bond acceptors (Lipinski definition) is 0. The molecule has 0 amide bonds. The molecular formula is C25H47Cl4IK3LiPt2. The van der Waals surface area contributed by atoms with Crippen LogP contribution < -0.4 is 94.2 Å². The Kier molecular flexibility index (Phi) is 88.5. The van der Waals surface area contributed by atoms with Crippen molar-refractivity contribution >= 4 is 101 Å². The maximum atomic E-state index is 5.01. The van der Waals surface area contributed by atoms with E-state index in [0.29, 0.717) is 0 Å². The van der Waals surface area contributed by atoms with E-state index in [-0.39, 0.29) is 167 Å². The van der Waals surface area contributed by atoms with Gasteiger partial charge in [0.15, 0.2) is 0 Å². The SMILES string of the molecule is C.C.CCC1=CC2C=CC1C2.CCC1=CC2C=CC1C2.[CH3-].[CH3-].[CH3-].[CH3-].[CH3-].[Cl][Pt]([Cl])([Cl])[Cl].[I-].[K+].[K][K].[Li+].[Pt+4]. The minimum absolute atomic E-state index is 0. The number of hydrogen-bond donors (Lipinski definition) is 0. The van der Waals surface area contributed by atoms with E-state index in [0.717, 1.165) is 23.7 Å². The maximum absolute atomic E-state index is 5.01. The molecule has 0 aliphatic heterocycles. The van der Waals surface area contributed by atoms with E-state index >= 15 is 0 Å². The van der Waals surface area contributed by atoms with Crippen LogP contribution in [0.5, 0.6) is 0 Å². The van der Waals surface area contributed by atoms with Gasteiger partial charge in [0.05, 0.1) is 0 Å². The predicted molar refractivity (Wildman–Crippen MR) is 159 cm³/mol. The van der Waals surface area contributed by atoms with Gasteiger partial charge < -0.3 is 61.1 Å². The van der Waals surface area contributed by atoms with Gasteiger partial charge in [-0.15, -0.1) is 0 Å². The fourth-order valence-electron chi connectivity index (χ4n) is 3.81. The molecule has 36 heavy (non-hydrogen) atoms.